The molecule has 7 rings (SSSR count). The fraction of sp³-hybridized carbons (Fsp3) is 0.122. The standard InChI is InChI=1S/C41H36OP2/c1-29-15-11-21-33(27-29)43(31-17-7-5-8-18-31)37-25-13-23-35-39(37)42-40-36(41(35,3)4)24-14-26-38(40)44(32-19-9-6-10-20-32)34-22-12-16-30(2)28-34/h5-28H,1-4H3/t43-,44-/m0/s1. The molecule has 0 unspecified atom stereocenters. The molecule has 0 fully saturated rings. The molecule has 0 saturated carbocycles. The van der Waals surface area contributed by atoms with E-state index >= 15 is 0 Å². The van der Waals surface area contributed by atoms with Crippen molar-refractivity contribution in [1.29, 1.82) is 0 Å². The first-order valence-corrected chi connectivity index (χ1v) is 17.9. The summed E-state index contributed by atoms with van der Waals surface area (Å²) in [4.78, 5) is 0. The van der Waals surface area contributed by atoms with Crippen LogP contribution in [0.4, 0.5) is 0 Å². The monoisotopic (exact) mass is 606 g/mol. The molecule has 1 nitrogen and oxygen atoms in total. The van der Waals surface area contributed by atoms with Crippen LogP contribution in [0.5, 0.6) is 11.5 Å². The minimum Gasteiger partial charge on any atom is -0.455 e. The van der Waals surface area contributed by atoms with Crippen LogP contribution in [-0.2, 0) is 5.41 Å². The zero-order valence-electron chi connectivity index (χ0n) is 25.7. The van der Waals surface area contributed by atoms with Gasteiger partial charge in [0.1, 0.15) is 11.5 Å². The first kappa shape index (κ1) is 28.7. The molecule has 2 atom stereocenters. The lowest BCUT2D eigenvalue weighted by molar-refractivity contribution is 0.425. The number of hydrogen-bond acceptors (Lipinski definition) is 1. The van der Waals surface area contributed by atoms with Crippen molar-refractivity contribution in [3.05, 3.63) is 168 Å². The van der Waals surface area contributed by atoms with Gasteiger partial charge in [0.2, 0.25) is 0 Å². The number of ether oxygens (including phenoxy) is 1. The van der Waals surface area contributed by atoms with Crippen LogP contribution in [0.25, 0.3) is 0 Å². The molecule has 0 amide bonds. The minimum atomic E-state index is -0.844. The third-order valence-corrected chi connectivity index (χ3v) is 13.5. The molecule has 3 heteroatoms. The summed E-state index contributed by atoms with van der Waals surface area (Å²) in [5.41, 5.74) is 4.81. The van der Waals surface area contributed by atoms with E-state index in [1.54, 1.807) is 0 Å². The Morgan fingerprint density at radius 2 is 0.818 bits per heavy atom. The first-order chi connectivity index (χ1) is 21.4. The molecule has 0 radical (unpaired) electrons. The minimum absolute atomic E-state index is 0.233. The quantitative estimate of drug-likeness (QED) is 0.174. The lowest BCUT2D eigenvalue weighted by Crippen LogP contribution is -2.33. The zero-order chi connectivity index (χ0) is 30.3. The van der Waals surface area contributed by atoms with Gasteiger partial charge in [-0.1, -0.05) is 171 Å². The molecule has 0 N–H and O–H groups in total. The van der Waals surface area contributed by atoms with Crippen molar-refractivity contribution in [2.75, 3.05) is 0 Å². The number of aryl methyl sites for hydroxylation is 2. The second-order valence-electron chi connectivity index (χ2n) is 12.1. The van der Waals surface area contributed by atoms with Crippen molar-refractivity contribution in [3.63, 3.8) is 0 Å². The van der Waals surface area contributed by atoms with Crippen molar-refractivity contribution >= 4 is 47.7 Å². The fourth-order valence-electron chi connectivity index (χ4n) is 6.39. The summed E-state index contributed by atoms with van der Waals surface area (Å²) < 4.78 is 7.32. The maximum absolute atomic E-state index is 7.32. The lowest BCUT2D eigenvalue weighted by atomic mass is 9.76. The molecule has 0 aromatic heterocycles. The maximum Gasteiger partial charge on any atom is 0.139 e. The lowest BCUT2D eigenvalue weighted by Gasteiger charge is -2.38. The highest BCUT2D eigenvalue weighted by atomic mass is 31.1. The first-order valence-electron chi connectivity index (χ1n) is 15.2. The second kappa shape index (κ2) is 11.8. The van der Waals surface area contributed by atoms with Gasteiger partial charge in [0.05, 0.1) is 0 Å². The van der Waals surface area contributed by atoms with Gasteiger partial charge in [0.15, 0.2) is 0 Å². The average molecular weight is 607 g/mol. The van der Waals surface area contributed by atoms with Gasteiger partial charge in [-0.15, -0.1) is 0 Å². The molecular weight excluding hydrogens is 570 g/mol. The van der Waals surface area contributed by atoms with E-state index in [2.05, 4.69) is 173 Å². The smallest absolute Gasteiger partial charge is 0.139 e. The molecule has 44 heavy (non-hydrogen) atoms. The molecule has 6 aromatic rings. The van der Waals surface area contributed by atoms with Crippen LogP contribution in [0, 0.1) is 13.8 Å². The van der Waals surface area contributed by atoms with E-state index in [1.807, 2.05) is 0 Å². The predicted molar refractivity (Wildman–Crippen MR) is 192 cm³/mol. The Hall–Kier alpha value is -4.02. The number of benzene rings is 6. The Morgan fingerprint density at radius 3 is 1.23 bits per heavy atom. The van der Waals surface area contributed by atoms with Crippen LogP contribution in [0.3, 0.4) is 0 Å². The predicted octanol–water partition coefficient (Wildman–Crippen LogP) is 8.25. The van der Waals surface area contributed by atoms with Crippen LogP contribution < -0.4 is 36.6 Å². The second-order valence-corrected chi connectivity index (χ2v) is 16.4. The van der Waals surface area contributed by atoms with Crippen LogP contribution in [-0.4, -0.2) is 0 Å². The summed E-state index contributed by atoms with van der Waals surface area (Å²) >= 11 is 0. The molecule has 0 bridgehead atoms. The molecule has 0 saturated heterocycles. The third kappa shape index (κ3) is 5.20. The van der Waals surface area contributed by atoms with E-state index in [0.29, 0.717) is 0 Å². The molecule has 1 heterocycles. The maximum atomic E-state index is 7.32. The summed E-state index contributed by atoms with van der Waals surface area (Å²) in [5, 5.41) is 7.86. The molecular formula is C41H36OP2. The van der Waals surface area contributed by atoms with E-state index < -0.39 is 15.8 Å². The van der Waals surface area contributed by atoms with Gasteiger partial charge in [0, 0.05) is 27.2 Å². The van der Waals surface area contributed by atoms with E-state index in [0.717, 1.165) is 11.5 Å². The summed E-state index contributed by atoms with van der Waals surface area (Å²) in [5.74, 6) is 2.03. The summed E-state index contributed by atoms with van der Waals surface area (Å²) in [6.45, 7) is 9.08. The van der Waals surface area contributed by atoms with Crippen LogP contribution in [0.1, 0.15) is 36.1 Å². The van der Waals surface area contributed by atoms with E-state index in [9.17, 15) is 0 Å². The van der Waals surface area contributed by atoms with Crippen molar-refractivity contribution < 1.29 is 4.74 Å². The van der Waals surface area contributed by atoms with Gasteiger partial charge in [0.25, 0.3) is 0 Å². The highest BCUT2D eigenvalue weighted by Gasteiger charge is 2.39. The number of rotatable bonds is 6. The zero-order valence-corrected chi connectivity index (χ0v) is 27.4. The summed E-state index contributed by atoms with van der Waals surface area (Å²) in [6.07, 6.45) is 0. The largest absolute Gasteiger partial charge is 0.455 e. The fourth-order valence-corrected chi connectivity index (χ4v) is 11.4. The Bertz CT molecular complexity index is 1810. The Labute approximate surface area is 264 Å². The third-order valence-electron chi connectivity index (χ3n) is 8.57. The van der Waals surface area contributed by atoms with Crippen molar-refractivity contribution in [1.82, 2.24) is 0 Å². The summed E-state index contributed by atoms with van der Waals surface area (Å²) in [7, 11) is -1.69. The van der Waals surface area contributed by atoms with E-state index in [4.69, 9.17) is 4.74 Å². The van der Waals surface area contributed by atoms with Gasteiger partial charge in [-0.25, -0.2) is 0 Å². The van der Waals surface area contributed by atoms with Crippen LogP contribution in [0.2, 0.25) is 0 Å². The van der Waals surface area contributed by atoms with Crippen LogP contribution in [0.15, 0.2) is 146 Å². The number of hydrogen-bond donors (Lipinski definition) is 0. The SMILES string of the molecule is Cc1cccc([P@](c2ccccc2)c2cccc3c2Oc2c([P@@](c4ccccc4)c4cccc(C)c4)cccc2C3(C)C)c1. The van der Waals surface area contributed by atoms with Crippen LogP contribution >= 0.6 is 15.8 Å². The molecule has 1 aliphatic heterocycles. The Morgan fingerprint density at radius 1 is 0.432 bits per heavy atom. The van der Waals surface area contributed by atoms with E-state index in [-0.39, 0.29) is 5.41 Å². The molecule has 216 valence electrons. The van der Waals surface area contributed by atoms with Gasteiger partial charge in [-0.2, -0.15) is 0 Å². The van der Waals surface area contributed by atoms with Gasteiger partial charge >= 0.3 is 0 Å². The van der Waals surface area contributed by atoms with Crippen molar-refractivity contribution in [3.8, 4) is 11.5 Å². The molecule has 0 spiro atoms. The highest BCUT2D eigenvalue weighted by Crippen LogP contribution is 2.52. The molecule has 1 aliphatic rings. The molecule has 0 aliphatic carbocycles. The number of fused-ring (bicyclic) bond motifs is 2. The normalized spacial score (nSPS) is 14.5. The molecule has 6 aromatic carbocycles. The van der Waals surface area contributed by atoms with Crippen molar-refractivity contribution in [2.24, 2.45) is 0 Å². The van der Waals surface area contributed by atoms with Crippen molar-refractivity contribution in [2.45, 2.75) is 33.1 Å². The average Bonchev–Trinajstić information content (AvgIpc) is 3.03. The van der Waals surface area contributed by atoms with Gasteiger partial charge in [-0.3, -0.25) is 0 Å². The van der Waals surface area contributed by atoms with Gasteiger partial charge in [-0.05, 0) is 50.9 Å². The van der Waals surface area contributed by atoms with Gasteiger partial charge < -0.3 is 4.74 Å². The number of para-hydroxylation sites is 2. The van der Waals surface area contributed by atoms with E-state index in [1.165, 1.54) is 54.1 Å². The Kier molecular flexibility index (Phi) is 7.72. The Balaban J connectivity index is 1.46. The summed E-state index contributed by atoms with van der Waals surface area (Å²) in [6, 6.07) is 53.5. The topological polar surface area (TPSA) is 9.23 Å². The highest BCUT2D eigenvalue weighted by molar-refractivity contribution is 7.80.